The minimum Gasteiger partial charge on any atom is -0.493 e. The molecule has 3 aromatic carbocycles. The standard InChI is InChI=1S/C33H32N6O3/c1-3-32(40)37-26-12-10-24(11-13-26)33(41)38-28-17-23-16-27(19-28)36-31-20-30(34-22-35-31)25-8-7-9-29(18-25)42-15-6-4-5-14-39(2)21-23/h3-5,7-13,16-20,22H,1,6,14-15,21H2,2H3,(H,37,40)(H,38,41)(H,34,35,36)/b5-4+. The summed E-state index contributed by atoms with van der Waals surface area (Å²) >= 11 is 0. The van der Waals surface area contributed by atoms with E-state index in [2.05, 4.69) is 49.5 Å². The van der Waals surface area contributed by atoms with Gasteiger partial charge in [0.25, 0.3) is 5.91 Å². The lowest BCUT2D eigenvalue weighted by atomic mass is 10.1. The number of rotatable bonds is 4. The SMILES string of the molecule is C=CC(=O)Nc1ccc(C(=O)Nc2cc3cc(c2)Nc2cc(ncn2)-c2cccc(c2)OCC/C=C/CN(C)C3)cc1. The molecule has 4 aromatic rings. The van der Waals surface area contributed by atoms with E-state index in [9.17, 15) is 9.59 Å². The number of carbonyl (C=O) groups excluding carboxylic acids is 2. The molecule has 1 aromatic heterocycles. The Morgan fingerprint density at radius 1 is 0.976 bits per heavy atom. The van der Waals surface area contributed by atoms with Crippen LogP contribution in [0.3, 0.4) is 0 Å². The third-order valence-corrected chi connectivity index (χ3v) is 6.51. The fourth-order valence-electron chi connectivity index (χ4n) is 4.50. The van der Waals surface area contributed by atoms with Crippen molar-refractivity contribution in [1.29, 1.82) is 0 Å². The Kier molecular flexibility index (Phi) is 9.00. The third-order valence-electron chi connectivity index (χ3n) is 6.51. The fraction of sp³-hybridized carbons (Fsp3) is 0.152. The van der Waals surface area contributed by atoms with Gasteiger partial charge in [-0.05, 0) is 79.7 Å². The van der Waals surface area contributed by atoms with Crippen molar-refractivity contribution in [2.24, 2.45) is 0 Å². The van der Waals surface area contributed by atoms with Crippen molar-refractivity contribution in [3.63, 3.8) is 0 Å². The van der Waals surface area contributed by atoms with E-state index in [1.807, 2.05) is 55.6 Å². The number of anilines is 4. The van der Waals surface area contributed by atoms with E-state index in [0.29, 0.717) is 35.9 Å². The lowest BCUT2D eigenvalue weighted by molar-refractivity contribution is -0.111. The summed E-state index contributed by atoms with van der Waals surface area (Å²) in [4.78, 5) is 35.8. The van der Waals surface area contributed by atoms with E-state index in [4.69, 9.17) is 4.74 Å². The number of hydrogen-bond donors (Lipinski definition) is 3. The monoisotopic (exact) mass is 560 g/mol. The molecule has 0 saturated heterocycles. The Balaban J connectivity index is 1.43. The molecule has 2 heterocycles. The van der Waals surface area contributed by atoms with Crippen LogP contribution in [0.25, 0.3) is 11.3 Å². The average Bonchev–Trinajstić information content (AvgIpc) is 2.99. The highest BCUT2D eigenvalue weighted by Gasteiger charge is 2.11. The van der Waals surface area contributed by atoms with E-state index in [1.165, 1.54) is 12.4 Å². The summed E-state index contributed by atoms with van der Waals surface area (Å²) < 4.78 is 5.95. The van der Waals surface area contributed by atoms with Gasteiger partial charge < -0.3 is 20.7 Å². The van der Waals surface area contributed by atoms with Gasteiger partial charge in [-0.15, -0.1) is 0 Å². The zero-order chi connectivity index (χ0) is 29.3. The van der Waals surface area contributed by atoms with Crippen LogP contribution in [-0.4, -0.2) is 46.9 Å². The molecular formula is C33H32N6O3. The molecule has 2 amide bonds. The highest BCUT2D eigenvalue weighted by molar-refractivity contribution is 6.05. The van der Waals surface area contributed by atoms with Gasteiger partial charge in [0.15, 0.2) is 0 Å². The zero-order valence-electron chi connectivity index (χ0n) is 23.3. The maximum atomic E-state index is 13.1. The second-order valence-electron chi connectivity index (χ2n) is 9.89. The highest BCUT2D eigenvalue weighted by atomic mass is 16.5. The lowest BCUT2D eigenvalue weighted by Gasteiger charge is -2.18. The van der Waals surface area contributed by atoms with Gasteiger partial charge >= 0.3 is 0 Å². The lowest BCUT2D eigenvalue weighted by Crippen LogP contribution is -2.18. The van der Waals surface area contributed by atoms with Gasteiger partial charge in [0.2, 0.25) is 5.91 Å². The van der Waals surface area contributed by atoms with Crippen molar-refractivity contribution in [2.45, 2.75) is 13.0 Å². The minimum absolute atomic E-state index is 0.267. The summed E-state index contributed by atoms with van der Waals surface area (Å²) in [6, 6.07) is 22.3. The van der Waals surface area contributed by atoms with Gasteiger partial charge in [-0.3, -0.25) is 14.5 Å². The predicted molar refractivity (Wildman–Crippen MR) is 166 cm³/mol. The molecule has 0 fully saturated rings. The second kappa shape index (κ2) is 13.4. The van der Waals surface area contributed by atoms with Crippen molar-refractivity contribution in [3.05, 3.63) is 115 Å². The maximum Gasteiger partial charge on any atom is 0.255 e. The quantitative estimate of drug-likeness (QED) is 0.206. The summed E-state index contributed by atoms with van der Waals surface area (Å²) in [7, 11) is 2.05. The maximum absolute atomic E-state index is 13.1. The van der Waals surface area contributed by atoms with Crippen molar-refractivity contribution < 1.29 is 14.3 Å². The summed E-state index contributed by atoms with van der Waals surface area (Å²) in [5.41, 5.74) is 5.15. The predicted octanol–water partition coefficient (Wildman–Crippen LogP) is 6.03. The van der Waals surface area contributed by atoms with Crippen LogP contribution in [-0.2, 0) is 11.3 Å². The summed E-state index contributed by atoms with van der Waals surface area (Å²) in [6.07, 6.45) is 7.77. The summed E-state index contributed by atoms with van der Waals surface area (Å²) in [5.74, 6) is 0.828. The smallest absolute Gasteiger partial charge is 0.255 e. The van der Waals surface area contributed by atoms with Gasteiger partial charge in [-0.1, -0.05) is 30.9 Å². The number of ether oxygens (including phenoxy) is 1. The molecule has 9 nitrogen and oxygen atoms in total. The van der Waals surface area contributed by atoms with E-state index >= 15 is 0 Å². The largest absolute Gasteiger partial charge is 0.493 e. The van der Waals surface area contributed by atoms with Crippen LogP contribution in [0.5, 0.6) is 5.75 Å². The third kappa shape index (κ3) is 7.67. The molecule has 0 aliphatic carbocycles. The molecule has 5 rings (SSSR count). The van der Waals surface area contributed by atoms with Gasteiger partial charge in [-0.2, -0.15) is 0 Å². The van der Waals surface area contributed by atoms with E-state index < -0.39 is 0 Å². The molecule has 1 aliphatic heterocycles. The normalized spacial score (nSPS) is 14.2. The first-order chi connectivity index (χ1) is 20.4. The number of fused-ring (bicyclic) bond motifs is 7. The zero-order valence-corrected chi connectivity index (χ0v) is 23.3. The molecule has 42 heavy (non-hydrogen) atoms. The van der Waals surface area contributed by atoms with Gasteiger partial charge in [0.05, 0.1) is 12.3 Å². The van der Waals surface area contributed by atoms with Crippen LogP contribution in [0.15, 0.2) is 104 Å². The van der Waals surface area contributed by atoms with Crippen LogP contribution in [0, 0.1) is 0 Å². The highest BCUT2D eigenvalue weighted by Crippen LogP contribution is 2.27. The Bertz CT molecular complexity index is 1620. The Morgan fingerprint density at radius 3 is 2.67 bits per heavy atom. The Labute approximate surface area is 245 Å². The topological polar surface area (TPSA) is 108 Å². The molecule has 1 aliphatic rings. The Hall–Kier alpha value is -5.28. The molecule has 0 unspecified atom stereocenters. The molecule has 212 valence electrons. The van der Waals surface area contributed by atoms with Crippen molar-refractivity contribution >= 4 is 34.7 Å². The fourth-order valence-corrected chi connectivity index (χ4v) is 4.50. The number of carbonyl (C=O) groups is 2. The molecule has 0 saturated carbocycles. The summed E-state index contributed by atoms with van der Waals surface area (Å²) in [6.45, 7) is 5.46. The van der Waals surface area contributed by atoms with Gasteiger partial charge in [-0.25, -0.2) is 9.97 Å². The molecule has 9 heteroatoms. The number of likely N-dealkylation sites (N-methyl/N-ethyl adjacent to an activating group) is 1. The molecule has 3 N–H and O–H groups in total. The van der Waals surface area contributed by atoms with E-state index in [1.54, 1.807) is 24.3 Å². The van der Waals surface area contributed by atoms with Crippen LogP contribution in [0.4, 0.5) is 22.9 Å². The van der Waals surface area contributed by atoms with Crippen LogP contribution in [0.1, 0.15) is 22.3 Å². The number of aromatic nitrogens is 2. The van der Waals surface area contributed by atoms with Crippen LogP contribution < -0.4 is 20.7 Å². The van der Waals surface area contributed by atoms with Crippen LogP contribution in [0.2, 0.25) is 0 Å². The second-order valence-corrected chi connectivity index (χ2v) is 9.89. The Morgan fingerprint density at radius 2 is 1.83 bits per heavy atom. The number of amides is 2. The minimum atomic E-state index is -0.314. The van der Waals surface area contributed by atoms with E-state index in [0.717, 1.165) is 41.2 Å². The molecule has 0 radical (unpaired) electrons. The summed E-state index contributed by atoms with van der Waals surface area (Å²) in [5, 5.41) is 9.07. The first-order valence-corrected chi connectivity index (χ1v) is 13.6. The van der Waals surface area contributed by atoms with Crippen LogP contribution >= 0.6 is 0 Å². The number of nitrogens with zero attached hydrogens (tertiary/aromatic N) is 3. The molecule has 0 spiro atoms. The number of nitrogens with one attached hydrogen (secondary N) is 3. The van der Waals surface area contributed by atoms with Crippen molar-refractivity contribution in [1.82, 2.24) is 14.9 Å². The average molecular weight is 561 g/mol. The molecule has 0 atom stereocenters. The number of benzene rings is 3. The van der Waals surface area contributed by atoms with Crippen molar-refractivity contribution in [3.8, 4) is 17.0 Å². The van der Waals surface area contributed by atoms with Gasteiger partial charge in [0.1, 0.15) is 17.9 Å². The first kappa shape index (κ1) is 28.3. The molecular weight excluding hydrogens is 528 g/mol. The van der Waals surface area contributed by atoms with Crippen molar-refractivity contribution in [2.75, 3.05) is 36.1 Å². The first-order valence-electron chi connectivity index (χ1n) is 13.6. The molecule has 6 bridgehead atoms. The number of hydrogen-bond acceptors (Lipinski definition) is 7. The van der Waals surface area contributed by atoms with E-state index in [-0.39, 0.29) is 11.8 Å². The van der Waals surface area contributed by atoms with Gasteiger partial charge in [0, 0.05) is 47.3 Å².